The van der Waals surface area contributed by atoms with Crippen molar-refractivity contribution in [3.63, 3.8) is 0 Å². The number of pyridine rings is 1. The zero-order valence-corrected chi connectivity index (χ0v) is 11.3. The summed E-state index contributed by atoms with van der Waals surface area (Å²) < 4.78 is 30.8. The smallest absolute Gasteiger partial charge is 0.235 e. The van der Waals surface area contributed by atoms with Gasteiger partial charge in [0.15, 0.2) is 0 Å². The summed E-state index contributed by atoms with van der Waals surface area (Å²) in [6.07, 6.45) is 2.86. The van der Waals surface area contributed by atoms with Crippen LogP contribution in [0.15, 0.2) is 18.5 Å². The van der Waals surface area contributed by atoms with E-state index < -0.39 is 10.0 Å². The van der Waals surface area contributed by atoms with Gasteiger partial charge in [0.2, 0.25) is 10.0 Å². The lowest BCUT2D eigenvalue weighted by Crippen LogP contribution is -2.21. The maximum Gasteiger partial charge on any atom is 0.235 e. The van der Waals surface area contributed by atoms with Crippen LogP contribution in [0.1, 0.15) is 13.8 Å². The Balaban J connectivity index is 2.58. The molecule has 0 aliphatic heterocycles. The van der Waals surface area contributed by atoms with Crippen LogP contribution in [-0.4, -0.2) is 31.9 Å². The van der Waals surface area contributed by atoms with Crippen molar-refractivity contribution < 1.29 is 13.2 Å². The third-order valence-corrected chi connectivity index (χ3v) is 3.40. The third-order valence-electron chi connectivity index (χ3n) is 1.84. The van der Waals surface area contributed by atoms with Gasteiger partial charge in [0.05, 0.1) is 35.4 Å². The number of nitrogens with one attached hydrogen (secondary N) is 1. The molecule has 0 bridgehead atoms. The average molecular weight is 279 g/mol. The number of anilines is 1. The van der Waals surface area contributed by atoms with E-state index in [0.29, 0.717) is 5.02 Å². The molecule has 1 aromatic rings. The summed E-state index contributed by atoms with van der Waals surface area (Å²) in [4.78, 5) is 3.80. The Morgan fingerprint density at radius 3 is 2.82 bits per heavy atom. The summed E-state index contributed by atoms with van der Waals surface area (Å²) in [7, 11) is -3.45. The molecule has 0 aliphatic rings. The van der Waals surface area contributed by atoms with Crippen LogP contribution in [0, 0.1) is 0 Å². The fourth-order valence-electron chi connectivity index (χ4n) is 1.06. The van der Waals surface area contributed by atoms with E-state index in [0.717, 1.165) is 0 Å². The summed E-state index contributed by atoms with van der Waals surface area (Å²) in [6.45, 7) is 3.83. The molecule has 7 heteroatoms. The van der Waals surface area contributed by atoms with Gasteiger partial charge in [0.1, 0.15) is 0 Å². The summed E-state index contributed by atoms with van der Waals surface area (Å²) in [5, 5.41) is 0.313. The Bertz CT molecular complexity index is 462. The average Bonchev–Trinajstić information content (AvgIpc) is 2.20. The van der Waals surface area contributed by atoms with Gasteiger partial charge in [0.25, 0.3) is 0 Å². The Morgan fingerprint density at radius 2 is 2.24 bits per heavy atom. The molecule has 0 unspecified atom stereocenters. The largest absolute Gasteiger partial charge is 0.378 e. The number of sulfonamides is 1. The van der Waals surface area contributed by atoms with Gasteiger partial charge in [-0.3, -0.25) is 9.71 Å². The minimum Gasteiger partial charge on any atom is -0.378 e. The minimum absolute atomic E-state index is 0.00665. The predicted molar refractivity (Wildman–Crippen MR) is 67.7 cm³/mol. The minimum atomic E-state index is -3.45. The lowest BCUT2D eigenvalue weighted by atomic mass is 10.4. The highest BCUT2D eigenvalue weighted by Crippen LogP contribution is 2.20. The molecule has 0 saturated carbocycles. The van der Waals surface area contributed by atoms with E-state index in [2.05, 4.69) is 9.71 Å². The van der Waals surface area contributed by atoms with E-state index in [9.17, 15) is 8.42 Å². The lowest BCUT2D eigenvalue weighted by molar-refractivity contribution is 0.0913. The van der Waals surface area contributed by atoms with Crippen molar-refractivity contribution in [3.8, 4) is 0 Å². The van der Waals surface area contributed by atoms with Gasteiger partial charge < -0.3 is 4.74 Å². The summed E-state index contributed by atoms with van der Waals surface area (Å²) in [5.41, 5.74) is 0.277. The van der Waals surface area contributed by atoms with Gasteiger partial charge in [-0.1, -0.05) is 11.6 Å². The molecule has 17 heavy (non-hydrogen) atoms. The van der Waals surface area contributed by atoms with Gasteiger partial charge in [-0.2, -0.15) is 0 Å². The molecular formula is C10H15ClN2O3S. The van der Waals surface area contributed by atoms with Crippen LogP contribution < -0.4 is 4.72 Å². The summed E-state index contributed by atoms with van der Waals surface area (Å²) in [5.74, 6) is -0.115. The SMILES string of the molecule is CC(C)OCCS(=O)(=O)Nc1cnccc1Cl. The summed E-state index contributed by atoms with van der Waals surface area (Å²) in [6, 6.07) is 1.52. The van der Waals surface area contributed by atoms with E-state index in [-0.39, 0.29) is 24.2 Å². The number of aromatic nitrogens is 1. The van der Waals surface area contributed by atoms with Gasteiger partial charge in [-0.15, -0.1) is 0 Å². The van der Waals surface area contributed by atoms with Crippen LogP contribution in [0.3, 0.4) is 0 Å². The fraction of sp³-hybridized carbons (Fsp3) is 0.500. The number of rotatable bonds is 6. The van der Waals surface area contributed by atoms with E-state index in [4.69, 9.17) is 16.3 Å². The second-order valence-corrected chi connectivity index (χ2v) is 5.95. The maximum absolute atomic E-state index is 11.7. The molecule has 0 atom stereocenters. The van der Waals surface area contributed by atoms with Crippen molar-refractivity contribution in [1.29, 1.82) is 0 Å². The van der Waals surface area contributed by atoms with Crippen molar-refractivity contribution in [3.05, 3.63) is 23.5 Å². The number of nitrogens with zero attached hydrogens (tertiary/aromatic N) is 1. The van der Waals surface area contributed by atoms with E-state index in [1.165, 1.54) is 18.5 Å². The first kappa shape index (κ1) is 14.2. The fourth-order valence-corrected chi connectivity index (χ4v) is 2.19. The molecule has 1 rings (SSSR count). The number of halogens is 1. The molecule has 1 heterocycles. The number of hydrogen-bond donors (Lipinski definition) is 1. The molecule has 0 radical (unpaired) electrons. The first-order valence-electron chi connectivity index (χ1n) is 5.12. The van der Waals surface area contributed by atoms with Gasteiger partial charge in [-0.05, 0) is 19.9 Å². The zero-order chi connectivity index (χ0) is 12.9. The normalized spacial score (nSPS) is 11.8. The zero-order valence-electron chi connectivity index (χ0n) is 9.68. The van der Waals surface area contributed by atoms with Crippen molar-refractivity contribution >= 4 is 27.3 Å². The molecule has 0 fully saturated rings. The molecule has 0 saturated heterocycles. The molecule has 0 aromatic carbocycles. The van der Waals surface area contributed by atoms with Gasteiger partial charge >= 0.3 is 0 Å². The Hall–Kier alpha value is -0.850. The molecule has 1 N–H and O–H groups in total. The maximum atomic E-state index is 11.7. The lowest BCUT2D eigenvalue weighted by Gasteiger charge is -2.10. The van der Waals surface area contributed by atoms with Crippen LogP contribution in [0.5, 0.6) is 0 Å². The Kier molecular flexibility index (Phi) is 5.17. The van der Waals surface area contributed by atoms with Crippen LogP contribution in [-0.2, 0) is 14.8 Å². The van der Waals surface area contributed by atoms with Crippen LogP contribution in [0.4, 0.5) is 5.69 Å². The highest BCUT2D eigenvalue weighted by atomic mass is 35.5. The van der Waals surface area contributed by atoms with Crippen molar-refractivity contribution in [2.75, 3.05) is 17.1 Å². The second-order valence-electron chi connectivity index (χ2n) is 3.70. The van der Waals surface area contributed by atoms with Crippen molar-refractivity contribution in [1.82, 2.24) is 4.98 Å². The molecule has 1 aromatic heterocycles. The van der Waals surface area contributed by atoms with Gasteiger partial charge in [-0.25, -0.2) is 8.42 Å². The molecule has 5 nitrogen and oxygen atoms in total. The second kappa shape index (κ2) is 6.18. The first-order valence-corrected chi connectivity index (χ1v) is 7.15. The number of ether oxygens (including phenoxy) is 1. The van der Waals surface area contributed by atoms with E-state index in [1.54, 1.807) is 0 Å². The molecule has 0 spiro atoms. The Labute approximate surface area is 106 Å². The molecule has 0 aliphatic carbocycles. The van der Waals surface area contributed by atoms with Crippen molar-refractivity contribution in [2.24, 2.45) is 0 Å². The third kappa shape index (κ3) is 5.34. The predicted octanol–water partition coefficient (Wildman–Crippen LogP) is 1.90. The van der Waals surface area contributed by atoms with Crippen LogP contribution >= 0.6 is 11.6 Å². The monoisotopic (exact) mass is 278 g/mol. The van der Waals surface area contributed by atoms with Gasteiger partial charge in [0, 0.05) is 6.20 Å². The molecule has 96 valence electrons. The van der Waals surface area contributed by atoms with Crippen LogP contribution in [0.2, 0.25) is 5.02 Å². The first-order chi connectivity index (χ1) is 7.91. The van der Waals surface area contributed by atoms with Crippen molar-refractivity contribution in [2.45, 2.75) is 20.0 Å². The highest BCUT2D eigenvalue weighted by Gasteiger charge is 2.12. The van der Waals surface area contributed by atoms with Crippen LogP contribution in [0.25, 0.3) is 0 Å². The molecule has 0 amide bonds. The number of hydrogen-bond acceptors (Lipinski definition) is 4. The molecular weight excluding hydrogens is 264 g/mol. The highest BCUT2D eigenvalue weighted by molar-refractivity contribution is 7.92. The Morgan fingerprint density at radius 1 is 1.53 bits per heavy atom. The van der Waals surface area contributed by atoms with E-state index >= 15 is 0 Å². The quantitative estimate of drug-likeness (QED) is 0.863. The summed E-state index contributed by atoms with van der Waals surface area (Å²) >= 11 is 5.82. The topological polar surface area (TPSA) is 68.3 Å². The van der Waals surface area contributed by atoms with E-state index in [1.807, 2.05) is 13.8 Å². The standard InChI is InChI=1S/C10H15ClN2O3S/c1-8(2)16-5-6-17(14,15)13-10-7-12-4-3-9(10)11/h3-4,7-8,13H,5-6H2,1-2H3.